The first kappa shape index (κ1) is 25.1. The zero-order valence-corrected chi connectivity index (χ0v) is 18.1. The van der Waals surface area contributed by atoms with Gasteiger partial charge >= 0.3 is 6.09 Å². The van der Waals surface area contributed by atoms with E-state index in [1.807, 2.05) is 6.92 Å². The summed E-state index contributed by atoms with van der Waals surface area (Å²) < 4.78 is 46.5. The van der Waals surface area contributed by atoms with Crippen LogP contribution < -0.4 is 5.32 Å². The predicted octanol–water partition coefficient (Wildman–Crippen LogP) is 3.65. The summed E-state index contributed by atoms with van der Waals surface area (Å²) in [6.45, 7) is 4.71. The van der Waals surface area contributed by atoms with Crippen molar-refractivity contribution in [2.75, 3.05) is 25.5 Å². The Morgan fingerprint density at radius 1 is 1.14 bits per heavy atom. The Bertz CT molecular complexity index is 540. The van der Waals surface area contributed by atoms with Crippen molar-refractivity contribution >= 4 is 16.2 Å². The third-order valence-electron chi connectivity index (χ3n) is 4.72. The molecule has 1 rings (SSSR count). The van der Waals surface area contributed by atoms with Gasteiger partial charge in [-0.3, -0.25) is 4.55 Å². The quantitative estimate of drug-likeness (QED) is 0.305. The van der Waals surface area contributed by atoms with E-state index in [9.17, 15) is 13.2 Å². The molecule has 0 spiro atoms. The molecule has 1 amide bonds. The first-order valence-corrected chi connectivity index (χ1v) is 12.0. The predicted molar refractivity (Wildman–Crippen MR) is 107 cm³/mol. The van der Waals surface area contributed by atoms with Crippen molar-refractivity contribution in [1.29, 1.82) is 0 Å². The van der Waals surface area contributed by atoms with Crippen LogP contribution in [0.15, 0.2) is 0 Å². The summed E-state index contributed by atoms with van der Waals surface area (Å²) in [5.74, 6) is -1.02. The van der Waals surface area contributed by atoms with Gasteiger partial charge in [0.25, 0.3) is 10.1 Å². The molecular weight excluding hydrogens is 386 g/mol. The largest absolute Gasteiger partial charge is 0.447 e. The maximum Gasteiger partial charge on any atom is 0.407 e. The summed E-state index contributed by atoms with van der Waals surface area (Å²) in [6.07, 6.45) is 9.98. The second kappa shape index (κ2) is 13.3. The van der Waals surface area contributed by atoms with Crippen molar-refractivity contribution in [2.24, 2.45) is 0 Å². The van der Waals surface area contributed by atoms with Gasteiger partial charge in [-0.1, -0.05) is 51.9 Å². The van der Waals surface area contributed by atoms with Gasteiger partial charge in [0, 0.05) is 13.0 Å². The van der Waals surface area contributed by atoms with Crippen molar-refractivity contribution in [3.8, 4) is 0 Å². The van der Waals surface area contributed by atoms with Gasteiger partial charge in [-0.15, -0.1) is 0 Å². The van der Waals surface area contributed by atoms with Gasteiger partial charge in [-0.25, -0.2) is 4.79 Å². The average Bonchev–Trinajstić information content (AvgIpc) is 3.00. The number of carbonyl (C=O) groups is 1. The van der Waals surface area contributed by atoms with Crippen molar-refractivity contribution in [2.45, 2.75) is 89.9 Å². The Hall–Kier alpha value is -0.900. The molecule has 0 aromatic carbocycles. The SMILES string of the molecule is CCCCCCCCCCC1(C)OCC(COC(=O)NCCCS(=O)(=O)O)O1. The lowest BCUT2D eigenvalue weighted by Gasteiger charge is -2.23. The number of carbonyl (C=O) groups excluding carboxylic acids is 1. The molecule has 2 N–H and O–H groups in total. The third kappa shape index (κ3) is 12.5. The molecule has 166 valence electrons. The molecule has 0 bridgehead atoms. The maximum atomic E-state index is 11.6. The van der Waals surface area contributed by atoms with Crippen molar-refractivity contribution in [3.63, 3.8) is 0 Å². The number of unbranched alkanes of at least 4 members (excludes halogenated alkanes) is 7. The van der Waals surface area contributed by atoms with Crippen LogP contribution in [-0.2, 0) is 24.3 Å². The average molecular weight is 424 g/mol. The molecule has 0 saturated carbocycles. The van der Waals surface area contributed by atoms with Crippen LogP contribution in [0.25, 0.3) is 0 Å². The summed E-state index contributed by atoms with van der Waals surface area (Å²) in [5, 5.41) is 2.43. The molecule has 0 aromatic heterocycles. The molecule has 1 saturated heterocycles. The first-order chi connectivity index (χ1) is 13.2. The minimum absolute atomic E-state index is 0.0805. The van der Waals surface area contributed by atoms with E-state index >= 15 is 0 Å². The zero-order valence-electron chi connectivity index (χ0n) is 17.3. The molecule has 9 heteroatoms. The lowest BCUT2D eigenvalue weighted by Crippen LogP contribution is -2.31. The van der Waals surface area contributed by atoms with E-state index in [0.29, 0.717) is 6.61 Å². The smallest absolute Gasteiger partial charge is 0.407 e. The molecule has 2 unspecified atom stereocenters. The molecule has 0 aliphatic carbocycles. The number of nitrogens with one attached hydrogen (secondary N) is 1. The van der Waals surface area contributed by atoms with Crippen LogP contribution in [0.3, 0.4) is 0 Å². The molecule has 8 nitrogen and oxygen atoms in total. The second-order valence-corrected chi connectivity index (χ2v) is 9.15. The molecule has 2 atom stereocenters. The van der Waals surface area contributed by atoms with E-state index in [4.69, 9.17) is 18.8 Å². The fourth-order valence-electron chi connectivity index (χ4n) is 3.15. The summed E-state index contributed by atoms with van der Waals surface area (Å²) in [4.78, 5) is 11.6. The van der Waals surface area contributed by atoms with Gasteiger partial charge in [-0.2, -0.15) is 8.42 Å². The zero-order chi connectivity index (χ0) is 20.9. The molecule has 28 heavy (non-hydrogen) atoms. The highest BCUT2D eigenvalue weighted by Gasteiger charge is 2.37. The van der Waals surface area contributed by atoms with Crippen LogP contribution in [0.4, 0.5) is 4.79 Å². The van der Waals surface area contributed by atoms with Gasteiger partial charge in [0.15, 0.2) is 5.79 Å². The number of hydrogen-bond donors (Lipinski definition) is 2. The van der Waals surface area contributed by atoms with Gasteiger partial charge < -0.3 is 19.5 Å². The number of ether oxygens (including phenoxy) is 3. The van der Waals surface area contributed by atoms with Crippen molar-refractivity contribution in [1.82, 2.24) is 5.32 Å². The molecule has 1 heterocycles. The van der Waals surface area contributed by atoms with Gasteiger partial charge in [0.1, 0.15) is 12.7 Å². The topological polar surface area (TPSA) is 111 Å². The van der Waals surface area contributed by atoms with Gasteiger partial charge in [0.2, 0.25) is 0 Å². The van der Waals surface area contributed by atoms with Crippen LogP contribution >= 0.6 is 0 Å². The summed E-state index contributed by atoms with van der Waals surface area (Å²) >= 11 is 0. The minimum atomic E-state index is -4.01. The van der Waals surface area contributed by atoms with Crippen LogP contribution in [0.1, 0.15) is 78.1 Å². The van der Waals surface area contributed by atoms with Crippen molar-refractivity contribution in [3.05, 3.63) is 0 Å². The van der Waals surface area contributed by atoms with Crippen LogP contribution in [0, 0.1) is 0 Å². The monoisotopic (exact) mass is 423 g/mol. The number of alkyl carbamates (subject to hydrolysis) is 1. The molecule has 1 aliphatic heterocycles. The Labute approximate surface area is 169 Å². The minimum Gasteiger partial charge on any atom is -0.447 e. The highest BCUT2D eigenvalue weighted by atomic mass is 32.2. The first-order valence-electron chi connectivity index (χ1n) is 10.4. The standard InChI is InChI=1S/C19H37NO7S/c1-3-4-5-6-7-8-9-10-12-19(2)26-16-17(27-19)15-25-18(21)20-13-11-14-28(22,23)24/h17H,3-16H2,1-2H3,(H,20,21)(H,22,23,24). The molecule has 1 aliphatic rings. The van der Waals surface area contributed by atoms with Crippen LogP contribution in [-0.4, -0.2) is 56.5 Å². The third-order valence-corrected chi connectivity index (χ3v) is 5.53. The molecule has 0 radical (unpaired) electrons. The lowest BCUT2D eigenvalue weighted by atomic mass is 10.0. The van der Waals surface area contributed by atoms with E-state index in [-0.39, 0.29) is 25.7 Å². The Balaban J connectivity index is 2.07. The fraction of sp³-hybridized carbons (Fsp3) is 0.947. The Morgan fingerprint density at radius 2 is 1.79 bits per heavy atom. The maximum absolute atomic E-state index is 11.6. The molecular formula is C19H37NO7S. The van der Waals surface area contributed by atoms with E-state index in [1.54, 1.807) is 0 Å². The van der Waals surface area contributed by atoms with E-state index in [0.717, 1.165) is 12.8 Å². The van der Waals surface area contributed by atoms with E-state index < -0.39 is 27.8 Å². The summed E-state index contributed by atoms with van der Waals surface area (Å²) in [7, 11) is -4.01. The fourth-order valence-corrected chi connectivity index (χ4v) is 3.66. The highest BCUT2D eigenvalue weighted by molar-refractivity contribution is 7.85. The van der Waals surface area contributed by atoms with E-state index in [1.165, 1.54) is 44.9 Å². The van der Waals surface area contributed by atoms with E-state index in [2.05, 4.69) is 12.2 Å². The molecule has 1 fully saturated rings. The number of hydrogen-bond acceptors (Lipinski definition) is 6. The highest BCUT2D eigenvalue weighted by Crippen LogP contribution is 2.29. The number of amides is 1. The lowest BCUT2D eigenvalue weighted by molar-refractivity contribution is -0.162. The Morgan fingerprint density at radius 3 is 2.43 bits per heavy atom. The summed E-state index contributed by atoms with van der Waals surface area (Å²) in [6, 6.07) is 0. The van der Waals surface area contributed by atoms with Crippen LogP contribution in [0.5, 0.6) is 0 Å². The normalized spacial score (nSPS) is 22.3. The molecule has 0 aromatic rings. The second-order valence-electron chi connectivity index (χ2n) is 7.57. The van der Waals surface area contributed by atoms with Gasteiger partial charge in [-0.05, 0) is 19.8 Å². The summed E-state index contributed by atoms with van der Waals surface area (Å²) in [5.41, 5.74) is 0. The van der Waals surface area contributed by atoms with Crippen molar-refractivity contribution < 1.29 is 32.0 Å². The number of rotatable bonds is 15. The van der Waals surface area contributed by atoms with Crippen LogP contribution in [0.2, 0.25) is 0 Å². The Kier molecular flexibility index (Phi) is 12.0. The van der Waals surface area contributed by atoms with Gasteiger partial charge in [0.05, 0.1) is 12.4 Å².